The Morgan fingerprint density at radius 3 is 2.79 bits per heavy atom. The third-order valence-corrected chi connectivity index (χ3v) is 2.40. The largest absolute Gasteiger partial charge is 0.503 e. The molecule has 0 aliphatic carbocycles. The van der Waals surface area contributed by atoms with Crippen molar-refractivity contribution in [2.45, 2.75) is 13.8 Å². The summed E-state index contributed by atoms with van der Waals surface area (Å²) in [6.45, 7) is 5.94. The summed E-state index contributed by atoms with van der Waals surface area (Å²) >= 11 is 0. The van der Waals surface area contributed by atoms with Crippen molar-refractivity contribution in [2.75, 3.05) is 18.1 Å². The molecule has 0 saturated carbocycles. The number of hydrogen-bond donors (Lipinski definition) is 1. The van der Waals surface area contributed by atoms with Gasteiger partial charge in [0, 0.05) is 25.4 Å². The van der Waals surface area contributed by atoms with Crippen LogP contribution in [-0.2, 0) is 0 Å². The zero-order valence-corrected chi connectivity index (χ0v) is 8.40. The molecule has 0 aliphatic rings. The lowest BCUT2D eigenvalue weighted by atomic mass is 10.5. The molecule has 0 amide bonds. The van der Waals surface area contributed by atoms with Crippen LogP contribution in [0, 0.1) is 0 Å². The summed E-state index contributed by atoms with van der Waals surface area (Å²) in [5, 5.41) is 11.7. The quantitative estimate of drug-likeness (QED) is 0.811. The first kappa shape index (κ1) is 8.99. The topological polar surface area (TPSA) is 41.5 Å². The third kappa shape index (κ3) is 1.14. The lowest BCUT2D eigenvalue weighted by molar-refractivity contribution is 0.461. The normalized spacial score (nSPS) is 11.0. The molecule has 0 atom stereocenters. The molecule has 0 bridgehead atoms. The van der Waals surface area contributed by atoms with Crippen molar-refractivity contribution in [3.8, 4) is 5.75 Å². The first-order valence-corrected chi connectivity index (χ1v) is 4.80. The molecule has 1 N–H and O–H groups in total. The number of aromatic nitrogens is 1. The zero-order valence-electron chi connectivity index (χ0n) is 8.40. The molecule has 0 aliphatic heterocycles. The molecule has 4 heteroatoms. The van der Waals surface area contributed by atoms with Crippen molar-refractivity contribution < 1.29 is 9.52 Å². The van der Waals surface area contributed by atoms with Crippen LogP contribution in [0.1, 0.15) is 13.8 Å². The fourth-order valence-electron chi connectivity index (χ4n) is 1.68. The maximum atomic E-state index is 9.58. The molecule has 0 saturated heterocycles. The van der Waals surface area contributed by atoms with E-state index in [1.165, 1.54) is 6.26 Å². The predicted octanol–water partition coefficient (Wildman–Crippen LogP) is 1.92. The summed E-state index contributed by atoms with van der Waals surface area (Å²) in [4.78, 5) is 0. The minimum absolute atomic E-state index is 0.192. The summed E-state index contributed by atoms with van der Waals surface area (Å²) in [5.41, 5.74) is 1.46. The van der Waals surface area contributed by atoms with Crippen molar-refractivity contribution in [3.05, 3.63) is 18.5 Å². The Kier molecular flexibility index (Phi) is 2.11. The summed E-state index contributed by atoms with van der Waals surface area (Å²) < 4.78 is 7.10. The second kappa shape index (κ2) is 3.29. The molecule has 4 nitrogen and oxygen atoms in total. The molecule has 2 rings (SSSR count). The average Bonchev–Trinajstić information content (AvgIpc) is 2.74. The summed E-state index contributed by atoms with van der Waals surface area (Å²) in [6.07, 6.45) is 3.27. The molecule has 14 heavy (non-hydrogen) atoms. The molecule has 76 valence electrons. The fourth-order valence-corrected chi connectivity index (χ4v) is 1.68. The average molecular weight is 194 g/mol. The minimum Gasteiger partial charge on any atom is -0.503 e. The molecule has 0 radical (unpaired) electrons. The lowest BCUT2D eigenvalue weighted by Gasteiger charge is -2.22. The van der Waals surface area contributed by atoms with Crippen LogP contribution in [0.3, 0.4) is 0 Å². The van der Waals surface area contributed by atoms with E-state index in [1.807, 2.05) is 16.9 Å². The Morgan fingerprint density at radius 2 is 2.14 bits per heavy atom. The maximum absolute atomic E-state index is 9.58. The number of aromatic hydroxyl groups is 1. The highest BCUT2D eigenvalue weighted by atomic mass is 16.4. The summed E-state index contributed by atoms with van der Waals surface area (Å²) in [7, 11) is 0. The number of hydrogen-bond acceptors (Lipinski definition) is 3. The Labute approximate surface area is 82.3 Å². The highest BCUT2D eigenvalue weighted by Crippen LogP contribution is 2.27. The molecule has 2 heterocycles. The van der Waals surface area contributed by atoms with Crippen molar-refractivity contribution in [1.29, 1.82) is 0 Å². The van der Waals surface area contributed by atoms with E-state index < -0.39 is 0 Å². The third-order valence-electron chi connectivity index (χ3n) is 2.40. The number of fused-ring (bicyclic) bond motifs is 1. The number of furan rings is 1. The van der Waals surface area contributed by atoms with E-state index in [0.29, 0.717) is 0 Å². The van der Waals surface area contributed by atoms with Crippen molar-refractivity contribution >= 4 is 11.1 Å². The fraction of sp³-hybridized carbons (Fsp3) is 0.400. The van der Waals surface area contributed by atoms with Gasteiger partial charge in [0.2, 0.25) is 0 Å². The van der Waals surface area contributed by atoms with Gasteiger partial charge in [-0.2, -0.15) is 0 Å². The number of rotatable bonds is 3. The summed E-state index contributed by atoms with van der Waals surface area (Å²) in [6, 6.07) is 1.85. The van der Waals surface area contributed by atoms with Gasteiger partial charge in [0.05, 0.1) is 0 Å². The van der Waals surface area contributed by atoms with Crippen molar-refractivity contribution in [1.82, 2.24) is 4.68 Å². The Balaban J connectivity index is 2.55. The maximum Gasteiger partial charge on any atom is 0.180 e. The molecule has 0 spiro atoms. The molecule has 2 aromatic rings. The van der Waals surface area contributed by atoms with Crippen LogP contribution in [0.5, 0.6) is 5.75 Å². The van der Waals surface area contributed by atoms with E-state index in [2.05, 4.69) is 18.9 Å². The lowest BCUT2D eigenvalue weighted by Crippen LogP contribution is -2.33. The molecule has 0 fully saturated rings. The van der Waals surface area contributed by atoms with Gasteiger partial charge in [-0.25, -0.2) is 0 Å². The van der Waals surface area contributed by atoms with Crippen LogP contribution in [0.4, 0.5) is 0 Å². The van der Waals surface area contributed by atoms with Crippen LogP contribution in [0.15, 0.2) is 22.9 Å². The summed E-state index contributed by atoms with van der Waals surface area (Å²) in [5.74, 6) is 0.192. The van der Waals surface area contributed by atoms with E-state index in [4.69, 9.17) is 4.42 Å². The highest BCUT2D eigenvalue weighted by molar-refractivity contribution is 5.81. The first-order valence-electron chi connectivity index (χ1n) is 4.80. The smallest absolute Gasteiger partial charge is 0.180 e. The van der Waals surface area contributed by atoms with Crippen LogP contribution < -0.4 is 5.01 Å². The van der Waals surface area contributed by atoms with Gasteiger partial charge in [0.25, 0.3) is 0 Å². The first-order chi connectivity index (χ1) is 6.77. The monoisotopic (exact) mass is 194 g/mol. The van der Waals surface area contributed by atoms with Gasteiger partial charge in [-0.05, 0) is 13.8 Å². The molecular weight excluding hydrogens is 180 g/mol. The zero-order chi connectivity index (χ0) is 10.1. The van der Waals surface area contributed by atoms with Crippen LogP contribution in [-0.4, -0.2) is 22.9 Å². The van der Waals surface area contributed by atoms with Crippen LogP contribution >= 0.6 is 0 Å². The van der Waals surface area contributed by atoms with Gasteiger partial charge in [0.1, 0.15) is 11.8 Å². The molecular formula is C10H14N2O2. The second-order valence-corrected chi connectivity index (χ2v) is 3.13. The van der Waals surface area contributed by atoms with E-state index in [1.54, 1.807) is 0 Å². The van der Waals surface area contributed by atoms with Crippen molar-refractivity contribution in [3.63, 3.8) is 0 Å². The standard InChI is InChI=1S/C10H14N2O2/c1-3-11(4-2)12-6-5-9-10(12)8(13)7-14-9/h5-7,13H,3-4H2,1-2H3. The molecule has 0 aromatic carbocycles. The number of nitrogens with zero attached hydrogens (tertiary/aromatic N) is 2. The van der Waals surface area contributed by atoms with Gasteiger partial charge >= 0.3 is 0 Å². The van der Waals surface area contributed by atoms with E-state index in [-0.39, 0.29) is 5.75 Å². The second-order valence-electron chi connectivity index (χ2n) is 3.13. The van der Waals surface area contributed by atoms with E-state index >= 15 is 0 Å². The van der Waals surface area contributed by atoms with Crippen LogP contribution in [0.2, 0.25) is 0 Å². The van der Waals surface area contributed by atoms with E-state index in [9.17, 15) is 5.11 Å². The van der Waals surface area contributed by atoms with Gasteiger partial charge in [-0.1, -0.05) is 0 Å². The molecule has 0 unspecified atom stereocenters. The Morgan fingerprint density at radius 1 is 1.43 bits per heavy atom. The predicted molar refractivity (Wildman–Crippen MR) is 55.2 cm³/mol. The van der Waals surface area contributed by atoms with Gasteiger partial charge in [-0.3, -0.25) is 4.68 Å². The van der Waals surface area contributed by atoms with Crippen LogP contribution in [0.25, 0.3) is 11.1 Å². The van der Waals surface area contributed by atoms with Gasteiger partial charge in [0.15, 0.2) is 11.3 Å². The minimum atomic E-state index is 0.192. The van der Waals surface area contributed by atoms with Gasteiger partial charge < -0.3 is 14.5 Å². The molecule has 2 aromatic heterocycles. The van der Waals surface area contributed by atoms with Gasteiger partial charge in [-0.15, -0.1) is 0 Å². The van der Waals surface area contributed by atoms with Crippen molar-refractivity contribution in [2.24, 2.45) is 0 Å². The van der Waals surface area contributed by atoms with E-state index in [0.717, 1.165) is 24.2 Å². The highest BCUT2D eigenvalue weighted by Gasteiger charge is 2.12. The SMILES string of the molecule is CCN(CC)n1ccc2occ(O)c21. The Bertz CT molecular complexity index is 426. The Hall–Kier alpha value is -1.58.